The van der Waals surface area contributed by atoms with Crippen molar-refractivity contribution >= 4 is 17.5 Å². The van der Waals surface area contributed by atoms with E-state index < -0.39 is 29.6 Å². The maximum atomic E-state index is 12.8. The number of hydrogen-bond donors (Lipinski definition) is 2. The number of halogens is 2. The van der Waals surface area contributed by atoms with Crippen molar-refractivity contribution < 1.29 is 23.1 Å². The number of hydrogen-bond acceptors (Lipinski definition) is 3. The second-order valence-corrected chi connectivity index (χ2v) is 3.17. The van der Waals surface area contributed by atoms with Gasteiger partial charge in [0.05, 0.1) is 0 Å². The zero-order valence-electron chi connectivity index (χ0n) is 8.87. The molecule has 92 valence electrons. The smallest absolute Gasteiger partial charge is 0.263 e. The molecular weight excluding hydrogens is 234 g/mol. The third kappa shape index (κ3) is 3.49. The molecular formula is C10H10F2N2O3. The molecule has 2 amide bonds. The minimum Gasteiger partial charge on any atom is -0.367 e. The summed E-state index contributed by atoms with van der Waals surface area (Å²) < 4.78 is 30.1. The maximum absolute atomic E-state index is 12.8. The van der Waals surface area contributed by atoms with Gasteiger partial charge in [0.1, 0.15) is 11.6 Å². The number of anilines is 1. The molecule has 0 radical (unpaired) electrons. The molecule has 0 fully saturated rings. The van der Waals surface area contributed by atoms with Crippen molar-refractivity contribution in [3.8, 4) is 0 Å². The molecule has 0 bridgehead atoms. The molecule has 0 heterocycles. The largest absolute Gasteiger partial charge is 0.367 e. The van der Waals surface area contributed by atoms with Gasteiger partial charge in [-0.2, -0.15) is 0 Å². The summed E-state index contributed by atoms with van der Waals surface area (Å²) in [6.45, 7) is 0. The molecule has 1 atom stereocenters. The highest BCUT2D eigenvalue weighted by atomic mass is 19.1. The molecule has 0 spiro atoms. The first-order valence-electron chi connectivity index (χ1n) is 4.53. The molecule has 0 saturated carbocycles. The van der Waals surface area contributed by atoms with Gasteiger partial charge >= 0.3 is 0 Å². The number of primary amides is 1. The van der Waals surface area contributed by atoms with E-state index in [9.17, 15) is 18.4 Å². The highest BCUT2D eigenvalue weighted by molar-refractivity contribution is 6.08. The zero-order valence-corrected chi connectivity index (χ0v) is 8.87. The van der Waals surface area contributed by atoms with Crippen LogP contribution in [0.4, 0.5) is 14.5 Å². The Bertz CT molecular complexity index is 431. The minimum atomic E-state index is -1.51. The summed E-state index contributed by atoms with van der Waals surface area (Å²) in [5.74, 6) is -3.60. The predicted octanol–water partition coefficient (Wildman–Crippen LogP) is 0.404. The fourth-order valence-electron chi connectivity index (χ4n) is 1.19. The Balaban J connectivity index is 2.83. The summed E-state index contributed by atoms with van der Waals surface area (Å²) >= 11 is 0. The van der Waals surface area contributed by atoms with Crippen LogP contribution in [-0.2, 0) is 14.3 Å². The number of ether oxygens (including phenoxy) is 1. The fraction of sp³-hybridized carbons (Fsp3) is 0.200. The third-order valence-corrected chi connectivity index (χ3v) is 1.86. The van der Waals surface area contributed by atoms with Gasteiger partial charge < -0.3 is 15.8 Å². The highest BCUT2D eigenvalue weighted by Crippen LogP contribution is 2.13. The lowest BCUT2D eigenvalue weighted by Crippen LogP contribution is -2.40. The Morgan fingerprint density at radius 3 is 2.24 bits per heavy atom. The first kappa shape index (κ1) is 13.0. The molecule has 0 aliphatic carbocycles. The van der Waals surface area contributed by atoms with E-state index >= 15 is 0 Å². The van der Waals surface area contributed by atoms with E-state index in [1.54, 1.807) is 0 Å². The predicted molar refractivity (Wildman–Crippen MR) is 55.0 cm³/mol. The molecule has 1 aromatic rings. The van der Waals surface area contributed by atoms with Gasteiger partial charge in [0.15, 0.2) is 0 Å². The lowest BCUT2D eigenvalue weighted by atomic mass is 10.2. The van der Waals surface area contributed by atoms with Crippen molar-refractivity contribution in [2.24, 2.45) is 5.73 Å². The quantitative estimate of drug-likeness (QED) is 0.752. The van der Waals surface area contributed by atoms with Crippen LogP contribution in [0.3, 0.4) is 0 Å². The van der Waals surface area contributed by atoms with E-state index in [-0.39, 0.29) is 5.69 Å². The minimum absolute atomic E-state index is 0.129. The summed E-state index contributed by atoms with van der Waals surface area (Å²) in [5.41, 5.74) is 4.76. The first-order chi connectivity index (χ1) is 7.93. The lowest BCUT2D eigenvalue weighted by Gasteiger charge is -2.11. The molecule has 7 heteroatoms. The van der Waals surface area contributed by atoms with Crippen molar-refractivity contribution in [1.29, 1.82) is 0 Å². The summed E-state index contributed by atoms with van der Waals surface area (Å²) in [4.78, 5) is 22.2. The van der Waals surface area contributed by atoms with Crippen LogP contribution >= 0.6 is 0 Å². The van der Waals surface area contributed by atoms with Crippen molar-refractivity contribution in [2.45, 2.75) is 6.10 Å². The number of nitrogens with one attached hydrogen (secondary N) is 1. The van der Waals surface area contributed by atoms with Gasteiger partial charge in [-0.05, 0) is 12.1 Å². The number of benzene rings is 1. The van der Waals surface area contributed by atoms with Gasteiger partial charge in [0, 0.05) is 18.9 Å². The first-order valence-corrected chi connectivity index (χ1v) is 4.53. The summed E-state index contributed by atoms with van der Waals surface area (Å²) in [5, 5.41) is 2.11. The molecule has 3 N–H and O–H groups in total. The van der Waals surface area contributed by atoms with E-state index in [0.29, 0.717) is 6.07 Å². The lowest BCUT2D eigenvalue weighted by molar-refractivity contribution is -0.138. The number of rotatable bonds is 4. The second-order valence-electron chi connectivity index (χ2n) is 3.17. The monoisotopic (exact) mass is 244 g/mol. The van der Waals surface area contributed by atoms with Crippen LogP contribution in [0.1, 0.15) is 0 Å². The van der Waals surface area contributed by atoms with Gasteiger partial charge in [0.2, 0.25) is 6.10 Å². The van der Waals surface area contributed by atoms with Crippen LogP contribution in [0.15, 0.2) is 18.2 Å². The van der Waals surface area contributed by atoms with E-state index in [4.69, 9.17) is 5.73 Å². The Hall–Kier alpha value is -2.02. The summed E-state index contributed by atoms with van der Waals surface area (Å²) in [6, 6.07) is 2.45. The Labute approximate surface area is 95.5 Å². The second kappa shape index (κ2) is 5.35. The van der Waals surface area contributed by atoms with Crippen molar-refractivity contribution in [2.75, 3.05) is 12.4 Å². The summed E-state index contributed by atoms with van der Waals surface area (Å²) in [7, 11) is 1.11. The van der Waals surface area contributed by atoms with Crippen LogP contribution < -0.4 is 11.1 Å². The molecule has 0 aliphatic rings. The van der Waals surface area contributed by atoms with E-state index in [1.807, 2.05) is 0 Å². The fourth-order valence-corrected chi connectivity index (χ4v) is 1.19. The molecule has 0 aromatic heterocycles. The molecule has 0 saturated heterocycles. The molecule has 5 nitrogen and oxygen atoms in total. The normalized spacial score (nSPS) is 11.9. The SMILES string of the molecule is COC(C(N)=O)C(=O)Nc1cc(F)cc(F)c1. The number of carbonyl (C=O) groups excluding carboxylic acids is 2. The van der Waals surface area contributed by atoms with Crippen molar-refractivity contribution in [1.82, 2.24) is 0 Å². The molecule has 1 unspecified atom stereocenters. The van der Waals surface area contributed by atoms with E-state index in [2.05, 4.69) is 10.1 Å². The number of carbonyl (C=O) groups is 2. The number of amides is 2. The molecule has 1 rings (SSSR count). The van der Waals surface area contributed by atoms with Gasteiger partial charge in [-0.15, -0.1) is 0 Å². The van der Waals surface area contributed by atoms with Crippen molar-refractivity contribution in [3.05, 3.63) is 29.8 Å². The number of nitrogens with two attached hydrogens (primary N) is 1. The van der Waals surface area contributed by atoms with Gasteiger partial charge in [-0.3, -0.25) is 9.59 Å². The Morgan fingerprint density at radius 1 is 1.29 bits per heavy atom. The number of methoxy groups -OCH3 is 1. The van der Waals surface area contributed by atoms with Crippen LogP contribution in [0.2, 0.25) is 0 Å². The molecule has 1 aromatic carbocycles. The van der Waals surface area contributed by atoms with E-state index in [0.717, 1.165) is 19.2 Å². The van der Waals surface area contributed by atoms with Gasteiger partial charge in [0.25, 0.3) is 11.8 Å². The van der Waals surface area contributed by atoms with Crippen LogP contribution in [0, 0.1) is 11.6 Å². The van der Waals surface area contributed by atoms with Crippen molar-refractivity contribution in [3.63, 3.8) is 0 Å². The highest BCUT2D eigenvalue weighted by Gasteiger charge is 2.23. The van der Waals surface area contributed by atoms with Crippen LogP contribution in [0.25, 0.3) is 0 Å². The average molecular weight is 244 g/mol. The zero-order chi connectivity index (χ0) is 13.0. The van der Waals surface area contributed by atoms with Crippen LogP contribution in [0.5, 0.6) is 0 Å². The maximum Gasteiger partial charge on any atom is 0.263 e. The average Bonchev–Trinajstić information content (AvgIpc) is 2.15. The Morgan fingerprint density at radius 2 is 1.82 bits per heavy atom. The molecule has 0 aliphatic heterocycles. The third-order valence-electron chi connectivity index (χ3n) is 1.86. The molecule has 17 heavy (non-hydrogen) atoms. The topological polar surface area (TPSA) is 81.4 Å². The van der Waals surface area contributed by atoms with E-state index in [1.165, 1.54) is 0 Å². The van der Waals surface area contributed by atoms with Crippen LogP contribution in [-0.4, -0.2) is 25.0 Å². The summed E-state index contributed by atoms with van der Waals surface area (Å²) in [6.07, 6.45) is -1.51. The Kier molecular flexibility index (Phi) is 4.11. The standard InChI is InChI=1S/C10H10F2N2O3/c1-17-8(9(13)15)10(16)14-7-3-5(11)2-6(12)4-7/h2-4,8H,1H3,(H2,13,15)(H,14,16). The van der Waals surface area contributed by atoms with Gasteiger partial charge in [-0.25, -0.2) is 8.78 Å². The van der Waals surface area contributed by atoms with Gasteiger partial charge in [-0.1, -0.05) is 0 Å².